The molecule has 1 heterocycles. The summed E-state index contributed by atoms with van der Waals surface area (Å²) in [6.07, 6.45) is 0.135. The second-order valence-electron chi connectivity index (χ2n) is 5.24. The number of hydrogen-bond acceptors (Lipinski definition) is 2. The smallest absolute Gasteiger partial charge is 0.264 e. The van der Waals surface area contributed by atoms with Gasteiger partial charge in [-0.25, -0.2) is 4.39 Å². The standard InChI is InChI=1S/C17H16FNO2/c1-19(11-12-6-8-14(18)9-7-12)17(20)16-10-13-4-2-3-5-15(13)21-16/h2-9,16H,10-11H2,1H3. The number of likely N-dealkylation sites (N-methyl/N-ethyl adjacent to an activating group) is 1. The van der Waals surface area contributed by atoms with Gasteiger partial charge in [-0.05, 0) is 29.3 Å². The number of rotatable bonds is 3. The van der Waals surface area contributed by atoms with Crippen molar-refractivity contribution >= 4 is 5.91 Å². The molecule has 0 fully saturated rings. The fourth-order valence-electron chi connectivity index (χ4n) is 2.51. The summed E-state index contributed by atoms with van der Waals surface area (Å²) in [4.78, 5) is 14.0. The number of para-hydroxylation sites is 1. The number of fused-ring (bicyclic) bond motifs is 1. The lowest BCUT2D eigenvalue weighted by Crippen LogP contribution is -2.38. The average molecular weight is 285 g/mol. The topological polar surface area (TPSA) is 29.5 Å². The second-order valence-corrected chi connectivity index (χ2v) is 5.24. The van der Waals surface area contributed by atoms with Gasteiger partial charge < -0.3 is 9.64 Å². The van der Waals surface area contributed by atoms with Crippen LogP contribution in [0.1, 0.15) is 11.1 Å². The molecule has 0 bridgehead atoms. The SMILES string of the molecule is CN(Cc1ccc(F)cc1)C(=O)C1Cc2ccccc2O1. The van der Waals surface area contributed by atoms with Gasteiger partial charge in [0.15, 0.2) is 6.10 Å². The van der Waals surface area contributed by atoms with Crippen LogP contribution in [0.25, 0.3) is 0 Å². The molecule has 1 amide bonds. The maximum atomic E-state index is 12.9. The van der Waals surface area contributed by atoms with E-state index in [9.17, 15) is 9.18 Å². The van der Waals surface area contributed by atoms with E-state index in [-0.39, 0.29) is 11.7 Å². The van der Waals surface area contributed by atoms with Crippen LogP contribution in [0.5, 0.6) is 5.75 Å². The minimum Gasteiger partial charge on any atom is -0.480 e. The van der Waals surface area contributed by atoms with Crippen LogP contribution in [0, 0.1) is 5.82 Å². The first-order valence-electron chi connectivity index (χ1n) is 6.87. The summed E-state index contributed by atoms with van der Waals surface area (Å²) in [5, 5.41) is 0. The van der Waals surface area contributed by atoms with E-state index in [2.05, 4.69) is 0 Å². The predicted molar refractivity (Wildman–Crippen MR) is 77.4 cm³/mol. The van der Waals surface area contributed by atoms with E-state index in [1.54, 1.807) is 24.1 Å². The Morgan fingerprint density at radius 2 is 1.95 bits per heavy atom. The quantitative estimate of drug-likeness (QED) is 0.868. The first kappa shape index (κ1) is 13.6. The number of amides is 1. The summed E-state index contributed by atoms with van der Waals surface area (Å²) in [6, 6.07) is 13.9. The molecule has 3 nitrogen and oxygen atoms in total. The van der Waals surface area contributed by atoms with Gasteiger partial charge in [0, 0.05) is 20.0 Å². The lowest BCUT2D eigenvalue weighted by molar-refractivity contribution is -0.137. The van der Waals surface area contributed by atoms with Gasteiger partial charge in [-0.3, -0.25) is 4.79 Å². The summed E-state index contributed by atoms with van der Waals surface area (Å²) in [6.45, 7) is 0.440. The van der Waals surface area contributed by atoms with Crippen LogP contribution in [0.15, 0.2) is 48.5 Å². The predicted octanol–water partition coefficient (Wildman–Crippen LogP) is 2.79. The summed E-state index contributed by atoms with van der Waals surface area (Å²) < 4.78 is 18.6. The van der Waals surface area contributed by atoms with Crippen LogP contribution in [0.3, 0.4) is 0 Å². The fraction of sp³-hybridized carbons (Fsp3) is 0.235. The highest BCUT2D eigenvalue weighted by Gasteiger charge is 2.30. The van der Waals surface area contributed by atoms with Crippen LogP contribution >= 0.6 is 0 Å². The molecular weight excluding hydrogens is 269 g/mol. The molecule has 0 N–H and O–H groups in total. The zero-order valence-corrected chi connectivity index (χ0v) is 11.8. The number of ether oxygens (including phenoxy) is 1. The molecule has 1 aliphatic heterocycles. The van der Waals surface area contributed by atoms with Gasteiger partial charge in [-0.1, -0.05) is 30.3 Å². The van der Waals surface area contributed by atoms with Gasteiger partial charge in [-0.2, -0.15) is 0 Å². The molecular formula is C17H16FNO2. The monoisotopic (exact) mass is 285 g/mol. The maximum Gasteiger partial charge on any atom is 0.264 e. The summed E-state index contributed by atoms with van der Waals surface area (Å²) >= 11 is 0. The molecule has 0 aliphatic carbocycles. The average Bonchev–Trinajstić information content (AvgIpc) is 2.92. The number of nitrogens with zero attached hydrogens (tertiary/aromatic N) is 1. The molecule has 2 aromatic rings. The normalized spacial score (nSPS) is 16.2. The van der Waals surface area contributed by atoms with E-state index in [0.29, 0.717) is 13.0 Å². The van der Waals surface area contributed by atoms with Crippen LogP contribution in [0.2, 0.25) is 0 Å². The molecule has 0 radical (unpaired) electrons. The Morgan fingerprint density at radius 1 is 1.24 bits per heavy atom. The van der Waals surface area contributed by atoms with Crippen molar-refractivity contribution in [1.29, 1.82) is 0 Å². The van der Waals surface area contributed by atoms with E-state index in [4.69, 9.17) is 4.74 Å². The largest absolute Gasteiger partial charge is 0.480 e. The lowest BCUT2D eigenvalue weighted by Gasteiger charge is -2.21. The number of carbonyl (C=O) groups excluding carboxylic acids is 1. The molecule has 0 saturated heterocycles. The third-order valence-corrected chi connectivity index (χ3v) is 3.63. The highest BCUT2D eigenvalue weighted by atomic mass is 19.1. The second kappa shape index (κ2) is 5.56. The molecule has 0 aromatic heterocycles. The van der Waals surface area contributed by atoms with E-state index in [1.807, 2.05) is 24.3 Å². The third kappa shape index (κ3) is 2.89. The van der Waals surface area contributed by atoms with Crippen LogP contribution < -0.4 is 4.74 Å². The van der Waals surface area contributed by atoms with E-state index in [0.717, 1.165) is 16.9 Å². The molecule has 1 atom stereocenters. The number of halogens is 1. The molecule has 4 heteroatoms. The van der Waals surface area contributed by atoms with Gasteiger partial charge >= 0.3 is 0 Å². The highest BCUT2D eigenvalue weighted by molar-refractivity contribution is 5.82. The van der Waals surface area contributed by atoms with E-state index in [1.165, 1.54) is 12.1 Å². The summed E-state index contributed by atoms with van der Waals surface area (Å²) in [5.41, 5.74) is 1.95. The molecule has 1 unspecified atom stereocenters. The van der Waals surface area contributed by atoms with Crippen molar-refractivity contribution in [2.75, 3.05) is 7.05 Å². The van der Waals surface area contributed by atoms with Crippen LogP contribution in [-0.2, 0) is 17.8 Å². The maximum absolute atomic E-state index is 12.9. The van der Waals surface area contributed by atoms with Crippen molar-refractivity contribution in [2.24, 2.45) is 0 Å². The van der Waals surface area contributed by atoms with E-state index < -0.39 is 6.10 Å². The third-order valence-electron chi connectivity index (χ3n) is 3.63. The summed E-state index contributed by atoms with van der Waals surface area (Å²) in [7, 11) is 1.73. The number of carbonyl (C=O) groups is 1. The van der Waals surface area contributed by atoms with Gasteiger partial charge in [-0.15, -0.1) is 0 Å². The lowest BCUT2D eigenvalue weighted by atomic mass is 10.1. The minimum absolute atomic E-state index is 0.0597. The molecule has 0 saturated carbocycles. The molecule has 108 valence electrons. The van der Waals surface area contributed by atoms with E-state index >= 15 is 0 Å². The van der Waals surface area contributed by atoms with Crippen molar-refractivity contribution in [1.82, 2.24) is 4.90 Å². The Balaban J connectivity index is 1.65. The Labute approximate surface area is 123 Å². The molecule has 0 spiro atoms. The molecule has 21 heavy (non-hydrogen) atoms. The molecule has 3 rings (SSSR count). The summed E-state index contributed by atoms with van der Waals surface area (Å²) in [5.74, 6) is 0.448. The van der Waals surface area contributed by atoms with Crippen molar-refractivity contribution in [3.8, 4) is 5.75 Å². The van der Waals surface area contributed by atoms with Gasteiger partial charge in [0.1, 0.15) is 11.6 Å². The van der Waals surface area contributed by atoms with Crippen molar-refractivity contribution < 1.29 is 13.9 Å². The molecule has 2 aromatic carbocycles. The Kier molecular flexibility index (Phi) is 3.60. The van der Waals surface area contributed by atoms with Gasteiger partial charge in [0.2, 0.25) is 0 Å². The van der Waals surface area contributed by atoms with Crippen molar-refractivity contribution in [3.63, 3.8) is 0 Å². The van der Waals surface area contributed by atoms with Gasteiger partial charge in [0.05, 0.1) is 0 Å². The molecule has 1 aliphatic rings. The van der Waals surface area contributed by atoms with Gasteiger partial charge in [0.25, 0.3) is 5.91 Å². The first-order chi connectivity index (χ1) is 10.1. The Bertz CT molecular complexity index is 629. The fourth-order valence-corrected chi connectivity index (χ4v) is 2.51. The zero-order valence-electron chi connectivity index (χ0n) is 11.8. The zero-order chi connectivity index (χ0) is 14.8. The minimum atomic E-state index is -0.465. The number of benzene rings is 2. The Morgan fingerprint density at radius 3 is 2.67 bits per heavy atom. The van der Waals surface area contributed by atoms with Crippen molar-refractivity contribution in [2.45, 2.75) is 19.1 Å². The number of hydrogen-bond donors (Lipinski definition) is 0. The van der Waals surface area contributed by atoms with Crippen LogP contribution in [0.4, 0.5) is 4.39 Å². The Hall–Kier alpha value is -2.36. The van der Waals surface area contributed by atoms with Crippen LogP contribution in [-0.4, -0.2) is 24.0 Å². The first-order valence-corrected chi connectivity index (χ1v) is 6.87. The van der Waals surface area contributed by atoms with Crippen molar-refractivity contribution in [3.05, 3.63) is 65.5 Å². The highest BCUT2D eigenvalue weighted by Crippen LogP contribution is 2.28.